The van der Waals surface area contributed by atoms with Crippen LogP contribution in [0, 0.1) is 0 Å². The molecule has 0 radical (unpaired) electrons. The Bertz CT molecular complexity index is 390. The predicted octanol–water partition coefficient (Wildman–Crippen LogP) is 1.31. The lowest BCUT2D eigenvalue weighted by molar-refractivity contribution is -0.131. The number of β-amino-alcohol motifs (C(OH)–C–C–N with tert-alkyl or cyclic N) is 1. The van der Waals surface area contributed by atoms with E-state index in [-0.39, 0.29) is 5.91 Å². The molecule has 0 aliphatic carbocycles. The van der Waals surface area contributed by atoms with Crippen molar-refractivity contribution in [1.82, 2.24) is 14.7 Å². The van der Waals surface area contributed by atoms with Gasteiger partial charge in [-0.05, 0) is 58.3 Å². The Balaban J connectivity index is 1.41. The van der Waals surface area contributed by atoms with Crippen molar-refractivity contribution >= 4 is 5.91 Å². The number of likely N-dealkylation sites (tertiary alicyclic amines) is 3. The molecule has 0 aromatic carbocycles. The molecule has 3 aliphatic rings. The molecule has 5 nitrogen and oxygen atoms in total. The van der Waals surface area contributed by atoms with Crippen molar-refractivity contribution in [2.24, 2.45) is 0 Å². The normalized spacial score (nSPS) is 30.7. The number of carbonyl (C=O) groups excluding carboxylic acids is 1. The summed E-state index contributed by atoms with van der Waals surface area (Å²) in [6, 6.07) is 0. The van der Waals surface area contributed by atoms with Gasteiger partial charge in [-0.15, -0.1) is 0 Å². The summed E-state index contributed by atoms with van der Waals surface area (Å²) >= 11 is 0. The molecular weight excluding hydrogens is 290 g/mol. The van der Waals surface area contributed by atoms with Crippen LogP contribution < -0.4 is 0 Å². The number of aliphatic hydroxyl groups is 1. The Morgan fingerprint density at radius 3 is 2.17 bits per heavy atom. The van der Waals surface area contributed by atoms with E-state index in [1.807, 2.05) is 4.90 Å². The van der Waals surface area contributed by atoms with Gasteiger partial charge >= 0.3 is 0 Å². The summed E-state index contributed by atoms with van der Waals surface area (Å²) in [5.41, 5.74) is -0.678. The molecule has 5 heteroatoms. The molecule has 23 heavy (non-hydrogen) atoms. The molecule has 0 spiro atoms. The van der Waals surface area contributed by atoms with Crippen LogP contribution in [0.2, 0.25) is 0 Å². The zero-order valence-corrected chi connectivity index (χ0v) is 14.5. The van der Waals surface area contributed by atoms with E-state index in [2.05, 4.69) is 9.80 Å². The van der Waals surface area contributed by atoms with E-state index in [9.17, 15) is 9.90 Å². The molecule has 1 atom stereocenters. The molecule has 3 aliphatic heterocycles. The third-order valence-electron chi connectivity index (χ3n) is 5.74. The summed E-state index contributed by atoms with van der Waals surface area (Å²) in [4.78, 5) is 19.2. The second-order valence-electron chi connectivity index (χ2n) is 7.78. The fraction of sp³-hybridized carbons (Fsp3) is 0.944. The van der Waals surface area contributed by atoms with Crippen LogP contribution in [0.15, 0.2) is 0 Å². The Morgan fingerprint density at radius 2 is 1.48 bits per heavy atom. The van der Waals surface area contributed by atoms with Gasteiger partial charge in [-0.3, -0.25) is 4.79 Å². The minimum atomic E-state index is -0.678. The first kappa shape index (κ1) is 17.2. The Labute approximate surface area is 140 Å². The molecule has 0 aromatic rings. The fourth-order valence-electron chi connectivity index (χ4n) is 4.33. The van der Waals surface area contributed by atoms with Crippen LogP contribution in [0.25, 0.3) is 0 Å². The van der Waals surface area contributed by atoms with Gasteiger partial charge in [-0.1, -0.05) is 12.8 Å². The average Bonchev–Trinajstić information content (AvgIpc) is 3.09. The van der Waals surface area contributed by atoms with E-state index in [0.29, 0.717) is 13.0 Å². The molecule has 1 amide bonds. The number of amides is 1. The summed E-state index contributed by atoms with van der Waals surface area (Å²) in [6.07, 6.45) is 9.04. The number of rotatable bonds is 5. The van der Waals surface area contributed by atoms with Crippen molar-refractivity contribution in [3.63, 3.8) is 0 Å². The van der Waals surface area contributed by atoms with E-state index in [4.69, 9.17) is 0 Å². The van der Waals surface area contributed by atoms with Gasteiger partial charge in [-0.25, -0.2) is 0 Å². The van der Waals surface area contributed by atoms with Gasteiger partial charge in [0.1, 0.15) is 0 Å². The Hall–Kier alpha value is -0.650. The van der Waals surface area contributed by atoms with Crippen molar-refractivity contribution in [2.75, 3.05) is 52.4 Å². The first-order valence-electron chi connectivity index (χ1n) is 9.60. The maximum atomic E-state index is 12.5. The summed E-state index contributed by atoms with van der Waals surface area (Å²) < 4.78 is 0. The lowest BCUT2D eigenvalue weighted by atomic mass is 10.0. The quantitative estimate of drug-likeness (QED) is 0.829. The van der Waals surface area contributed by atoms with Crippen LogP contribution in [0.4, 0.5) is 0 Å². The zero-order valence-electron chi connectivity index (χ0n) is 14.5. The van der Waals surface area contributed by atoms with Gasteiger partial charge in [0.15, 0.2) is 0 Å². The van der Waals surface area contributed by atoms with Crippen molar-refractivity contribution < 1.29 is 9.90 Å². The van der Waals surface area contributed by atoms with Crippen molar-refractivity contribution in [3.8, 4) is 0 Å². The summed E-state index contributed by atoms with van der Waals surface area (Å²) in [5.74, 6) is 0.228. The lowest BCUT2D eigenvalue weighted by Gasteiger charge is -2.28. The second kappa shape index (κ2) is 7.95. The van der Waals surface area contributed by atoms with Crippen LogP contribution in [0.5, 0.6) is 0 Å². The lowest BCUT2D eigenvalue weighted by Crippen LogP contribution is -2.45. The Kier molecular flexibility index (Phi) is 5.94. The summed E-state index contributed by atoms with van der Waals surface area (Å²) in [6.45, 7) is 7.38. The molecule has 3 saturated heterocycles. The zero-order chi connectivity index (χ0) is 16.1. The molecule has 0 aromatic heterocycles. The van der Waals surface area contributed by atoms with Gasteiger partial charge in [0.2, 0.25) is 5.91 Å². The summed E-state index contributed by atoms with van der Waals surface area (Å²) in [7, 11) is 0. The van der Waals surface area contributed by atoms with Crippen LogP contribution in [-0.2, 0) is 4.79 Å². The second-order valence-corrected chi connectivity index (χ2v) is 7.78. The average molecular weight is 323 g/mol. The highest BCUT2D eigenvalue weighted by molar-refractivity contribution is 5.76. The van der Waals surface area contributed by atoms with E-state index < -0.39 is 5.60 Å². The first-order chi connectivity index (χ1) is 11.1. The smallest absolute Gasteiger partial charge is 0.223 e. The van der Waals surface area contributed by atoms with Crippen LogP contribution in [-0.4, -0.2) is 83.7 Å². The minimum absolute atomic E-state index is 0.228. The molecule has 0 saturated carbocycles. The minimum Gasteiger partial charge on any atom is -0.387 e. The predicted molar refractivity (Wildman–Crippen MR) is 91.3 cm³/mol. The van der Waals surface area contributed by atoms with Crippen LogP contribution in [0.3, 0.4) is 0 Å². The number of nitrogens with zero attached hydrogens (tertiary/aromatic N) is 3. The molecule has 1 N–H and O–H groups in total. The van der Waals surface area contributed by atoms with Crippen molar-refractivity contribution in [1.29, 1.82) is 0 Å². The highest BCUT2D eigenvalue weighted by Gasteiger charge is 2.39. The van der Waals surface area contributed by atoms with Gasteiger partial charge in [0, 0.05) is 26.1 Å². The highest BCUT2D eigenvalue weighted by atomic mass is 16.3. The largest absolute Gasteiger partial charge is 0.387 e. The van der Waals surface area contributed by atoms with Gasteiger partial charge in [0.25, 0.3) is 0 Å². The monoisotopic (exact) mass is 323 g/mol. The molecule has 0 bridgehead atoms. The third kappa shape index (κ3) is 4.91. The molecule has 3 fully saturated rings. The molecule has 3 heterocycles. The van der Waals surface area contributed by atoms with E-state index in [1.54, 1.807) is 0 Å². The first-order valence-corrected chi connectivity index (χ1v) is 9.60. The maximum absolute atomic E-state index is 12.5. The highest BCUT2D eigenvalue weighted by Crippen LogP contribution is 2.25. The van der Waals surface area contributed by atoms with Gasteiger partial charge < -0.3 is 19.8 Å². The van der Waals surface area contributed by atoms with Crippen LogP contribution >= 0.6 is 0 Å². The molecular formula is C18H33N3O2. The van der Waals surface area contributed by atoms with Crippen molar-refractivity contribution in [3.05, 3.63) is 0 Å². The Morgan fingerprint density at radius 1 is 0.870 bits per heavy atom. The topological polar surface area (TPSA) is 47.0 Å². The van der Waals surface area contributed by atoms with Crippen molar-refractivity contribution in [2.45, 2.75) is 57.0 Å². The van der Waals surface area contributed by atoms with Gasteiger partial charge in [-0.2, -0.15) is 0 Å². The molecule has 132 valence electrons. The molecule has 3 rings (SSSR count). The number of hydrogen-bond donors (Lipinski definition) is 1. The summed E-state index contributed by atoms with van der Waals surface area (Å²) in [5, 5.41) is 10.8. The standard InChI is InChI=1S/C18H33N3O2/c22-17(7-13-19-9-3-1-2-4-10-19)21-14-8-18(23,16-21)15-20-11-5-6-12-20/h23H,1-16H2/t18-/m1/s1. The maximum Gasteiger partial charge on any atom is 0.223 e. The van der Waals surface area contributed by atoms with Gasteiger partial charge in [0.05, 0.1) is 12.1 Å². The molecule has 0 unspecified atom stereocenters. The fourth-order valence-corrected chi connectivity index (χ4v) is 4.33. The van der Waals surface area contributed by atoms with E-state index in [1.165, 1.54) is 38.5 Å². The third-order valence-corrected chi connectivity index (χ3v) is 5.74. The van der Waals surface area contributed by atoms with E-state index >= 15 is 0 Å². The SMILES string of the molecule is O=C(CCN1CCCCCC1)N1CC[C@@](O)(CN2CCCC2)C1. The van der Waals surface area contributed by atoms with E-state index in [0.717, 1.165) is 52.2 Å². The number of hydrogen-bond acceptors (Lipinski definition) is 4. The number of carbonyl (C=O) groups is 1. The van der Waals surface area contributed by atoms with Crippen LogP contribution in [0.1, 0.15) is 51.4 Å².